The molecule has 2 amide bonds. The van der Waals surface area contributed by atoms with Gasteiger partial charge in [0.25, 0.3) is 5.91 Å². The molecule has 5 heteroatoms. The van der Waals surface area contributed by atoms with E-state index in [1.807, 2.05) is 0 Å². The highest BCUT2D eigenvalue weighted by Gasteiger charge is 2.16. The van der Waals surface area contributed by atoms with Crippen molar-refractivity contribution in [3.05, 3.63) is 23.8 Å². The van der Waals surface area contributed by atoms with Crippen molar-refractivity contribution in [2.45, 2.75) is 0 Å². The van der Waals surface area contributed by atoms with E-state index in [-0.39, 0.29) is 5.91 Å². The second-order valence-corrected chi connectivity index (χ2v) is 3.17. The van der Waals surface area contributed by atoms with E-state index in [1.165, 1.54) is 0 Å². The van der Waals surface area contributed by atoms with Gasteiger partial charge in [-0.1, -0.05) is 6.07 Å². The normalized spacial score (nSPS) is 14.3. The molecule has 1 aromatic rings. The monoisotopic (exact) mass is 205 g/mol. The smallest absolute Gasteiger partial charge is 0.253 e. The van der Waals surface area contributed by atoms with Crippen LogP contribution in [-0.2, 0) is 4.79 Å². The minimum Gasteiger partial charge on any atom is -0.381 e. The van der Waals surface area contributed by atoms with Crippen molar-refractivity contribution in [1.29, 1.82) is 0 Å². The van der Waals surface area contributed by atoms with Crippen LogP contribution in [0.4, 0.5) is 11.4 Å². The molecule has 0 unspecified atom stereocenters. The Bertz CT molecular complexity index is 404. The van der Waals surface area contributed by atoms with E-state index in [4.69, 9.17) is 0 Å². The Kier molecular flexibility index (Phi) is 2.53. The van der Waals surface area contributed by atoms with Crippen molar-refractivity contribution in [1.82, 2.24) is 5.32 Å². The van der Waals surface area contributed by atoms with E-state index in [2.05, 4.69) is 16.0 Å². The van der Waals surface area contributed by atoms with Crippen molar-refractivity contribution in [3.63, 3.8) is 0 Å². The van der Waals surface area contributed by atoms with E-state index < -0.39 is 0 Å². The molecule has 0 saturated heterocycles. The number of nitrogens with one attached hydrogen (secondary N) is 3. The predicted octanol–water partition coefficient (Wildman–Crippen LogP) is 0.410. The first-order chi connectivity index (χ1) is 7.33. The van der Waals surface area contributed by atoms with E-state index in [9.17, 15) is 9.59 Å². The van der Waals surface area contributed by atoms with Gasteiger partial charge in [0.15, 0.2) is 0 Å². The number of hydrogen-bond donors (Lipinski definition) is 3. The molecule has 2 rings (SSSR count). The van der Waals surface area contributed by atoms with Crippen LogP contribution in [0, 0.1) is 0 Å². The van der Waals surface area contributed by atoms with Gasteiger partial charge in [0.2, 0.25) is 6.41 Å². The zero-order valence-electron chi connectivity index (χ0n) is 8.04. The summed E-state index contributed by atoms with van der Waals surface area (Å²) in [6, 6.07) is 5.20. The van der Waals surface area contributed by atoms with Crippen molar-refractivity contribution < 1.29 is 9.59 Å². The quantitative estimate of drug-likeness (QED) is 0.612. The molecule has 1 aliphatic rings. The maximum Gasteiger partial charge on any atom is 0.253 e. The van der Waals surface area contributed by atoms with Gasteiger partial charge in [0.05, 0.1) is 16.9 Å². The lowest BCUT2D eigenvalue weighted by Crippen LogP contribution is -2.24. The molecule has 0 aromatic heterocycles. The Morgan fingerprint density at radius 1 is 1.27 bits per heavy atom. The summed E-state index contributed by atoms with van der Waals surface area (Å²) in [4.78, 5) is 22.0. The van der Waals surface area contributed by atoms with Crippen molar-refractivity contribution in [2.75, 3.05) is 23.7 Å². The summed E-state index contributed by atoms with van der Waals surface area (Å²) < 4.78 is 0. The Morgan fingerprint density at radius 2 is 2.07 bits per heavy atom. The Hall–Kier alpha value is -2.04. The Balaban J connectivity index is 2.47. The molecular weight excluding hydrogens is 194 g/mol. The number of carbonyl (C=O) groups excluding carboxylic acids is 2. The highest BCUT2D eigenvalue weighted by molar-refractivity contribution is 6.04. The third-order valence-electron chi connectivity index (χ3n) is 2.24. The SMILES string of the molecule is O=CNc1cccc2c1NCCNC2=O. The number of rotatable bonds is 2. The molecule has 0 spiro atoms. The second kappa shape index (κ2) is 4.00. The first-order valence-electron chi connectivity index (χ1n) is 4.68. The van der Waals surface area contributed by atoms with Gasteiger partial charge in [0, 0.05) is 13.1 Å². The van der Waals surface area contributed by atoms with Gasteiger partial charge in [-0.3, -0.25) is 9.59 Å². The Labute approximate surface area is 86.9 Å². The second-order valence-electron chi connectivity index (χ2n) is 3.17. The topological polar surface area (TPSA) is 70.2 Å². The predicted molar refractivity (Wildman–Crippen MR) is 57.0 cm³/mol. The largest absolute Gasteiger partial charge is 0.381 e. The number of anilines is 2. The first kappa shape index (κ1) is 9.51. The summed E-state index contributed by atoms with van der Waals surface area (Å²) in [7, 11) is 0. The third-order valence-corrected chi connectivity index (χ3v) is 2.24. The van der Waals surface area contributed by atoms with E-state index in [1.54, 1.807) is 18.2 Å². The van der Waals surface area contributed by atoms with Crippen LogP contribution in [0.5, 0.6) is 0 Å². The van der Waals surface area contributed by atoms with Crippen LogP contribution < -0.4 is 16.0 Å². The van der Waals surface area contributed by atoms with Crippen molar-refractivity contribution >= 4 is 23.7 Å². The van der Waals surface area contributed by atoms with Gasteiger partial charge < -0.3 is 16.0 Å². The molecule has 0 aliphatic carbocycles. The van der Waals surface area contributed by atoms with Crippen LogP contribution in [0.2, 0.25) is 0 Å². The van der Waals surface area contributed by atoms with Gasteiger partial charge in [-0.15, -0.1) is 0 Å². The highest BCUT2D eigenvalue weighted by atomic mass is 16.1. The minimum atomic E-state index is -0.121. The first-order valence-corrected chi connectivity index (χ1v) is 4.68. The highest BCUT2D eigenvalue weighted by Crippen LogP contribution is 2.26. The summed E-state index contributed by atoms with van der Waals surface area (Å²) in [6.45, 7) is 1.23. The summed E-state index contributed by atoms with van der Waals surface area (Å²) in [5.74, 6) is -0.121. The fourth-order valence-electron chi connectivity index (χ4n) is 1.57. The summed E-state index contributed by atoms with van der Waals surface area (Å²) >= 11 is 0. The van der Waals surface area contributed by atoms with E-state index in [0.717, 1.165) is 0 Å². The van der Waals surface area contributed by atoms with Gasteiger partial charge in [-0.25, -0.2) is 0 Å². The van der Waals surface area contributed by atoms with Gasteiger partial charge in [-0.05, 0) is 12.1 Å². The molecule has 78 valence electrons. The Morgan fingerprint density at radius 3 is 2.87 bits per heavy atom. The summed E-state index contributed by atoms with van der Waals surface area (Å²) in [5.41, 5.74) is 1.86. The molecule has 0 fully saturated rings. The fraction of sp³-hybridized carbons (Fsp3) is 0.200. The molecule has 5 nitrogen and oxygen atoms in total. The van der Waals surface area contributed by atoms with Crippen LogP contribution in [0.3, 0.4) is 0 Å². The lowest BCUT2D eigenvalue weighted by molar-refractivity contribution is -0.105. The number of fused-ring (bicyclic) bond motifs is 1. The standard InChI is InChI=1S/C10H11N3O2/c14-6-13-8-3-1-2-7-9(8)11-4-5-12-10(7)15/h1-3,6,11H,4-5H2,(H,12,15)(H,13,14). The van der Waals surface area contributed by atoms with Gasteiger partial charge in [0.1, 0.15) is 0 Å². The van der Waals surface area contributed by atoms with Crippen molar-refractivity contribution in [2.24, 2.45) is 0 Å². The van der Waals surface area contributed by atoms with Crippen LogP contribution in [0.15, 0.2) is 18.2 Å². The summed E-state index contributed by atoms with van der Waals surface area (Å²) in [6.07, 6.45) is 0.597. The fourth-order valence-corrected chi connectivity index (χ4v) is 1.57. The molecule has 0 radical (unpaired) electrons. The maximum absolute atomic E-state index is 11.6. The van der Waals surface area contributed by atoms with Crippen LogP contribution in [0.1, 0.15) is 10.4 Å². The van der Waals surface area contributed by atoms with Crippen LogP contribution >= 0.6 is 0 Å². The molecule has 1 aliphatic heterocycles. The molecule has 3 N–H and O–H groups in total. The average molecular weight is 205 g/mol. The molecule has 1 heterocycles. The molecule has 0 bridgehead atoms. The number of amides is 2. The number of carbonyl (C=O) groups is 2. The van der Waals surface area contributed by atoms with Gasteiger partial charge >= 0.3 is 0 Å². The number of para-hydroxylation sites is 1. The minimum absolute atomic E-state index is 0.121. The van der Waals surface area contributed by atoms with E-state index in [0.29, 0.717) is 36.4 Å². The van der Waals surface area contributed by atoms with E-state index >= 15 is 0 Å². The average Bonchev–Trinajstić information content (AvgIpc) is 2.43. The molecule has 0 saturated carbocycles. The van der Waals surface area contributed by atoms with Crippen molar-refractivity contribution in [3.8, 4) is 0 Å². The lowest BCUT2D eigenvalue weighted by atomic mass is 10.1. The van der Waals surface area contributed by atoms with Crippen LogP contribution in [0.25, 0.3) is 0 Å². The molecule has 15 heavy (non-hydrogen) atoms. The zero-order valence-corrected chi connectivity index (χ0v) is 8.04. The van der Waals surface area contributed by atoms with Gasteiger partial charge in [-0.2, -0.15) is 0 Å². The molecule has 1 aromatic carbocycles. The molecule has 0 atom stereocenters. The zero-order chi connectivity index (χ0) is 10.7. The lowest BCUT2D eigenvalue weighted by Gasteiger charge is -2.10. The summed E-state index contributed by atoms with van der Waals surface area (Å²) in [5, 5.41) is 8.42. The number of benzene rings is 1. The maximum atomic E-state index is 11.6. The third kappa shape index (κ3) is 1.76. The molecular formula is C10H11N3O2. The number of hydrogen-bond acceptors (Lipinski definition) is 3. The van der Waals surface area contributed by atoms with Crippen LogP contribution in [-0.4, -0.2) is 25.4 Å².